The molecule has 0 spiro atoms. The summed E-state index contributed by atoms with van der Waals surface area (Å²) in [4.78, 5) is 18.8. The van der Waals surface area contributed by atoms with Crippen LogP contribution in [-0.2, 0) is 13.1 Å². The molecule has 45 heavy (non-hydrogen) atoms. The van der Waals surface area contributed by atoms with Crippen molar-refractivity contribution in [3.05, 3.63) is 173 Å². The molecule has 0 aliphatic rings. The maximum Gasteiger partial charge on any atom is 0.216 e. The number of imidazole rings is 2. The largest absolute Gasteiger partial charge is 0.618 e. The summed E-state index contributed by atoms with van der Waals surface area (Å²) in [6.45, 7) is 5.54. The number of anilines is 1. The molecular formula is C36H36N6O3. The summed E-state index contributed by atoms with van der Waals surface area (Å²) >= 11 is 0. The maximum atomic E-state index is 12.0. The van der Waals surface area contributed by atoms with E-state index in [9.17, 15) is 10.0 Å². The van der Waals surface area contributed by atoms with Crippen LogP contribution < -0.4 is 5.48 Å². The highest BCUT2D eigenvalue weighted by Crippen LogP contribution is 2.11. The first kappa shape index (κ1) is 32.1. The Morgan fingerprint density at radius 3 is 1.58 bits per heavy atom. The molecule has 4 aromatic carbocycles. The number of hydrogen-bond donors (Lipinski definition) is 2. The number of nitrogens with zero attached hydrogens (tertiary/aromatic N) is 5. The lowest BCUT2D eigenvalue weighted by atomic mass is 10.1. The molecule has 0 radical (unpaired) electrons. The van der Waals surface area contributed by atoms with Crippen molar-refractivity contribution < 1.29 is 14.7 Å². The van der Waals surface area contributed by atoms with E-state index in [0.29, 0.717) is 16.9 Å². The molecule has 0 saturated carbocycles. The predicted molar refractivity (Wildman–Crippen MR) is 177 cm³/mol. The fourth-order valence-corrected chi connectivity index (χ4v) is 4.24. The summed E-state index contributed by atoms with van der Waals surface area (Å²) in [6, 6.07) is 33.9. The molecule has 0 bridgehead atoms. The Morgan fingerprint density at radius 1 is 0.711 bits per heavy atom. The first-order chi connectivity index (χ1) is 21.9. The SMILES string of the molecule is Cc1nccn1Cc1ccc(/C=[N+](\[O-])c2ccccc2)cc1.Cc1nccn1Cc1ccc(C=O)cc1.ONc1ccccc1. The number of nitrogens with one attached hydrogen (secondary N) is 1. The first-order valence-corrected chi connectivity index (χ1v) is 14.3. The molecule has 0 fully saturated rings. The molecule has 0 aliphatic carbocycles. The average Bonchev–Trinajstić information content (AvgIpc) is 3.70. The van der Waals surface area contributed by atoms with Crippen molar-refractivity contribution >= 4 is 23.9 Å². The van der Waals surface area contributed by atoms with Gasteiger partial charge in [0.1, 0.15) is 17.9 Å². The quantitative estimate of drug-likeness (QED) is 0.0637. The number of aldehydes is 1. The summed E-state index contributed by atoms with van der Waals surface area (Å²) in [5.41, 5.74) is 7.30. The van der Waals surface area contributed by atoms with Gasteiger partial charge in [0.05, 0.1) is 5.69 Å². The van der Waals surface area contributed by atoms with Gasteiger partial charge in [-0.2, -0.15) is 4.74 Å². The number of para-hydroxylation sites is 2. The molecule has 0 saturated heterocycles. The number of carbonyl (C=O) groups excluding carboxylic acids is 1. The van der Waals surface area contributed by atoms with Crippen LogP contribution in [0.4, 0.5) is 11.4 Å². The molecular weight excluding hydrogens is 564 g/mol. The number of carbonyl (C=O) groups is 1. The van der Waals surface area contributed by atoms with Gasteiger partial charge in [-0.1, -0.05) is 72.8 Å². The second kappa shape index (κ2) is 16.7. The summed E-state index contributed by atoms with van der Waals surface area (Å²) in [5, 5.41) is 20.3. The highest BCUT2D eigenvalue weighted by Gasteiger charge is 2.03. The van der Waals surface area contributed by atoms with E-state index in [1.165, 1.54) is 11.1 Å². The lowest BCUT2D eigenvalue weighted by molar-refractivity contribution is -0.354. The zero-order valence-electron chi connectivity index (χ0n) is 25.3. The van der Waals surface area contributed by atoms with E-state index in [0.717, 1.165) is 41.3 Å². The van der Waals surface area contributed by atoms with Crippen molar-refractivity contribution in [2.24, 2.45) is 0 Å². The molecule has 9 nitrogen and oxygen atoms in total. The summed E-state index contributed by atoms with van der Waals surface area (Å²) < 4.78 is 5.04. The zero-order chi connectivity index (χ0) is 31.9. The van der Waals surface area contributed by atoms with Gasteiger partial charge in [0.2, 0.25) is 5.69 Å². The second-order valence-electron chi connectivity index (χ2n) is 10.1. The van der Waals surface area contributed by atoms with E-state index in [4.69, 9.17) is 5.21 Å². The molecule has 0 unspecified atom stereocenters. The minimum Gasteiger partial charge on any atom is -0.618 e. The van der Waals surface area contributed by atoms with Crippen molar-refractivity contribution in [3.63, 3.8) is 0 Å². The normalized spacial score (nSPS) is 10.6. The summed E-state index contributed by atoms with van der Waals surface area (Å²) in [5.74, 6) is 1.99. The van der Waals surface area contributed by atoms with Crippen molar-refractivity contribution in [1.29, 1.82) is 0 Å². The van der Waals surface area contributed by atoms with Crippen LogP contribution >= 0.6 is 0 Å². The lowest BCUT2D eigenvalue weighted by Gasteiger charge is -2.06. The van der Waals surface area contributed by atoms with E-state index in [1.54, 1.807) is 42.9 Å². The number of aryl methyl sites for hydroxylation is 2. The van der Waals surface area contributed by atoms with E-state index in [1.807, 2.05) is 117 Å². The van der Waals surface area contributed by atoms with Gasteiger partial charge in [0.15, 0.2) is 6.21 Å². The maximum absolute atomic E-state index is 12.0. The van der Waals surface area contributed by atoms with Gasteiger partial charge in [-0.15, -0.1) is 0 Å². The Bertz CT molecular complexity index is 1760. The Hall–Kier alpha value is -5.80. The van der Waals surface area contributed by atoms with Gasteiger partial charge in [-0.3, -0.25) is 15.5 Å². The lowest BCUT2D eigenvalue weighted by Crippen LogP contribution is -2.02. The fourth-order valence-electron chi connectivity index (χ4n) is 4.24. The third-order valence-corrected chi connectivity index (χ3v) is 6.83. The number of hydrogen-bond acceptors (Lipinski definition) is 6. The van der Waals surface area contributed by atoms with Gasteiger partial charge >= 0.3 is 0 Å². The third kappa shape index (κ3) is 10.2. The highest BCUT2D eigenvalue weighted by atomic mass is 16.5. The van der Waals surface area contributed by atoms with Crippen LogP contribution in [0.15, 0.2) is 134 Å². The minimum atomic E-state index is 0.626. The van der Waals surface area contributed by atoms with E-state index >= 15 is 0 Å². The second-order valence-corrected chi connectivity index (χ2v) is 10.1. The third-order valence-electron chi connectivity index (χ3n) is 6.83. The Morgan fingerprint density at radius 2 is 1.18 bits per heavy atom. The molecule has 228 valence electrons. The first-order valence-electron chi connectivity index (χ1n) is 14.3. The fraction of sp³-hybridized carbons (Fsp3) is 0.111. The molecule has 6 aromatic rings. The Balaban J connectivity index is 0.000000172. The summed E-state index contributed by atoms with van der Waals surface area (Å²) in [7, 11) is 0. The van der Waals surface area contributed by atoms with Crippen molar-refractivity contribution in [3.8, 4) is 0 Å². The van der Waals surface area contributed by atoms with Crippen molar-refractivity contribution in [1.82, 2.24) is 19.1 Å². The smallest absolute Gasteiger partial charge is 0.216 e. The highest BCUT2D eigenvalue weighted by molar-refractivity contribution is 5.76. The van der Waals surface area contributed by atoms with E-state index < -0.39 is 0 Å². The van der Waals surface area contributed by atoms with Gasteiger partial charge in [-0.25, -0.2) is 9.97 Å². The number of rotatable bonds is 8. The topological polar surface area (TPSA) is 111 Å². The van der Waals surface area contributed by atoms with Crippen LogP contribution in [-0.4, -0.2) is 41.5 Å². The van der Waals surface area contributed by atoms with Crippen LogP contribution in [0.2, 0.25) is 0 Å². The molecule has 2 heterocycles. The van der Waals surface area contributed by atoms with Gasteiger partial charge in [0.25, 0.3) is 0 Å². The Kier molecular flexibility index (Phi) is 11.9. The standard InChI is InChI=1S/C18H17N3O.C12H12N2O.C6H7NO/c1-15-19-11-12-20(15)13-16-7-9-17(10-8-16)14-21(22)18-5-3-2-4-6-18;1-10-13-6-7-14(10)8-11-2-4-12(9-15)5-3-11;8-7-6-4-2-1-3-5-6/h2-12,14H,13H2,1H3;2-7,9H,8H2,1H3;1-5,7-8H/b21-14-;;. The molecule has 0 atom stereocenters. The number of aromatic nitrogens is 4. The minimum absolute atomic E-state index is 0.626. The Labute approximate surface area is 263 Å². The van der Waals surface area contributed by atoms with Crippen LogP contribution in [0.1, 0.15) is 38.7 Å². The average molecular weight is 601 g/mol. The zero-order valence-corrected chi connectivity index (χ0v) is 25.3. The molecule has 6 rings (SSSR count). The molecule has 2 aromatic heterocycles. The van der Waals surface area contributed by atoms with Crippen LogP contribution in [0.25, 0.3) is 0 Å². The van der Waals surface area contributed by atoms with Crippen LogP contribution in [0.5, 0.6) is 0 Å². The molecule has 9 heteroatoms. The van der Waals surface area contributed by atoms with Crippen molar-refractivity contribution in [2.45, 2.75) is 26.9 Å². The van der Waals surface area contributed by atoms with Crippen LogP contribution in [0.3, 0.4) is 0 Å². The molecule has 2 N–H and O–H groups in total. The molecule has 0 amide bonds. The molecule has 0 aliphatic heterocycles. The van der Waals surface area contributed by atoms with E-state index in [2.05, 4.69) is 19.1 Å². The van der Waals surface area contributed by atoms with Gasteiger partial charge in [0, 0.05) is 61.1 Å². The van der Waals surface area contributed by atoms with Gasteiger partial charge < -0.3 is 14.3 Å². The van der Waals surface area contributed by atoms with Crippen molar-refractivity contribution in [2.75, 3.05) is 5.48 Å². The van der Waals surface area contributed by atoms with E-state index in [-0.39, 0.29) is 0 Å². The van der Waals surface area contributed by atoms with Crippen LogP contribution in [0, 0.1) is 19.1 Å². The number of benzene rings is 4. The monoisotopic (exact) mass is 600 g/mol. The predicted octanol–water partition coefficient (Wildman–Crippen LogP) is 7.04. The summed E-state index contributed by atoms with van der Waals surface area (Å²) in [6.07, 6.45) is 9.93. The van der Waals surface area contributed by atoms with Gasteiger partial charge in [-0.05, 0) is 49.2 Å².